The Morgan fingerprint density at radius 1 is 1.40 bits per heavy atom. The predicted molar refractivity (Wildman–Crippen MR) is 82.7 cm³/mol. The maximum atomic E-state index is 11.8. The van der Waals surface area contributed by atoms with Gasteiger partial charge in [-0.1, -0.05) is 13.0 Å². The van der Waals surface area contributed by atoms with Crippen LogP contribution < -0.4 is 16.4 Å². The van der Waals surface area contributed by atoms with Gasteiger partial charge in [0.25, 0.3) is 0 Å². The van der Waals surface area contributed by atoms with Crippen molar-refractivity contribution in [2.24, 2.45) is 5.92 Å². The Bertz CT molecular complexity index is 441. The molecule has 1 heterocycles. The maximum absolute atomic E-state index is 11.8. The van der Waals surface area contributed by atoms with Crippen LogP contribution in [0.4, 0.5) is 16.2 Å². The highest BCUT2D eigenvalue weighted by Gasteiger charge is 2.18. The second-order valence-corrected chi connectivity index (χ2v) is 5.34. The standard InChI is InChI=1S/C15H24N4O/c1-2-19-8-6-12(7-9-19)11-17-15(20)18-14-5-3-4-13(16)10-14/h3-5,10,12H,2,6-9,11,16H2,1H3,(H2,17,18,20). The fraction of sp³-hybridized carbons (Fsp3) is 0.533. The third-order valence-electron chi connectivity index (χ3n) is 3.85. The lowest BCUT2D eigenvalue weighted by atomic mass is 9.97. The van der Waals surface area contributed by atoms with Gasteiger partial charge in [-0.05, 0) is 56.6 Å². The number of urea groups is 1. The summed E-state index contributed by atoms with van der Waals surface area (Å²) in [6, 6.07) is 7.04. The molecule has 2 amide bonds. The molecule has 1 aromatic rings. The minimum atomic E-state index is -0.159. The number of nitrogens with one attached hydrogen (secondary N) is 2. The topological polar surface area (TPSA) is 70.4 Å². The number of nitrogens with zero attached hydrogens (tertiary/aromatic N) is 1. The first-order valence-corrected chi connectivity index (χ1v) is 7.30. The molecule has 5 nitrogen and oxygen atoms in total. The average Bonchev–Trinajstić information content (AvgIpc) is 2.46. The van der Waals surface area contributed by atoms with Gasteiger partial charge in [-0.2, -0.15) is 0 Å². The molecule has 0 bridgehead atoms. The highest BCUT2D eigenvalue weighted by atomic mass is 16.2. The molecule has 5 heteroatoms. The molecular weight excluding hydrogens is 252 g/mol. The van der Waals surface area contributed by atoms with Crippen molar-refractivity contribution in [2.45, 2.75) is 19.8 Å². The summed E-state index contributed by atoms with van der Waals surface area (Å²) in [5, 5.41) is 5.75. The van der Waals surface area contributed by atoms with Crippen molar-refractivity contribution in [1.82, 2.24) is 10.2 Å². The molecule has 20 heavy (non-hydrogen) atoms. The Labute approximate surface area is 120 Å². The van der Waals surface area contributed by atoms with E-state index in [1.165, 1.54) is 0 Å². The number of rotatable bonds is 4. The highest BCUT2D eigenvalue weighted by Crippen LogP contribution is 2.16. The molecule has 0 unspecified atom stereocenters. The van der Waals surface area contributed by atoms with Crippen LogP contribution >= 0.6 is 0 Å². The summed E-state index contributed by atoms with van der Waals surface area (Å²) in [4.78, 5) is 14.3. The summed E-state index contributed by atoms with van der Waals surface area (Å²) < 4.78 is 0. The van der Waals surface area contributed by atoms with Gasteiger partial charge >= 0.3 is 6.03 Å². The molecule has 110 valence electrons. The van der Waals surface area contributed by atoms with Crippen molar-refractivity contribution < 1.29 is 4.79 Å². The van der Waals surface area contributed by atoms with E-state index in [0.717, 1.165) is 44.7 Å². The maximum Gasteiger partial charge on any atom is 0.319 e. The summed E-state index contributed by atoms with van der Waals surface area (Å²) in [6.45, 7) is 6.33. The molecule has 1 aliphatic rings. The zero-order valence-corrected chi connectivity index (χ0v) is 12.1. The van der Waals surface area contributed by atoms with Crippen LogP contribution in [0.2, 0.25) is 0 Å². The van der Waals surface area contributed by atoms with Gasteiger partial charge in [0.05, 0.1) is 0 Å². The molecule has 1 fully saturated rings. The number of carbonyl (C=O) groups is 1. The molecule has 2 rings (SSSR count). The van der Waals surface area contributed by atoms with E-state index >= 15 is 0 Å². The van der Waals surface area contributed by atoms with Crippen LogP contribution in [0.1, 0.15) is 19.8 Å². The molecule has 1 saturated heterocycles. The smallest absolute Gasteiger partial charge is 0.319 e. The van der Waals surface area contributed by atoms with Crippen molar-refractivity contribution in [3.63, 3.8) is 0 Å². The Morgan fingerprint density at radius 2 is 2.15 bits per heavy atom. The second-order valence-electron chi connectivity index (χ2n) is 5.34. The molecule has 0 saturated carbocycles. The van der Waals surface area contributed by atoms with Crippen LogP contribution in [0.5, 0.6) is 0 Å². The van der Waals surface area contributed by atoms with Gasteiger partial charge in [0.1, 0.15) is 0 Å². The van der Waals surface area contributed by atoms with Gasteiger partial charge in [-0.25, -0.2) is 4.79 Å². The van der Waals surface area contributed by atoms with E-state index in [4.69, 9.17) is 5.73 Å². The number of nitrogen functional groups attached to an aromatic ring is 1. The first kappa shape index (κ1) is 14.7. The quantitative estimate of drug-likeness (QED) is 0.738. The number of anilines is 2. The number of benzene rings is 1. The van der Waals surface area contributed by atoms with Crippen LogP contribution in [0.3, 0.4) is 0 Å². The molecule has 0 atom stereocenters. The van der Waals surface area contributed by atoms with Gasteiger partial charge in [-0.15, -0.1) is 0 Å². The normalized spacial score (nSPS) is 16.9. The van der Waals surface area contributed by atoms with Gasteiger partial charge in [0, 0.05) is 17.9 Å². The summed E-state index contributed by atoms with van der Waals surface area (Å²) in [6.07, 6.45) is 2.32. The number of piperidine rings is 1. The van der Waals surface area contributed by atoms with Crippen LogP contribution in [0.15, 0.2) is 24.3 Å². The molecule has 0 aromatic heterocycles. The molecule has 4 N–H and O–H groups in total. The predicted octanol–water partition coefficient (Wildman–Crippen LogP) is 2.12. The third-order valence-corrected chi connectivity index (χ3v) is 3.85. The highest BCUT2D eigenvalue weighted by molar-refractivity contribution is 5.89. The Hall–Kier alpha value is -1.75. The van der Waals surface area contributed by atoms with E-state index in [1.807, 2.05) is 12.1 Å². The van der Waals surface area contributed by atoms with E-state index < -0.39 is 0 Å². The van der Waals surface area contributed by atoms with Crippen molar-refractivity contribution in [1.29, 1.82) is 0 Å². The Balaban J connectivity index is 1.70. The minimum absolute atomic E-state index is 0.159. The third kappa shape index (κ3) is 4.42. The lowest BCUT2D eigenvalue weighted by Crippen LogP contribution is -2.39. The largest absolute Gasteiger partial charge is 0.399 e. The molecular formula is C15H24N4O. The monoisotopic (exact) mass is 276 g/mol. The number of hydrogen-bond acceptors (Lipinski definition) is 3. The lowest BCUT2D eigenvalue weighted by molar-refractivity contribution is 0.190. The summed E-state index contributed by atoms with van der Waals surface area (Å²) in [5.74, 6) is 0.587. The second kappa shape index (κ2) is 7.14. The molecule has 1 aromatic carbocycles. The SMILES string of the molecule is CCN1CCC(CNC(=O)Nc2cccc(N)c2)CC1. The van der Waals surface area contributed by atoms with Crippen molar-refractivity contribution in [2.75, 3.05) is 37.2 Å². The molecule has 1 aliphatic heterocycles. The van der Waals surface area contributed by atoms with Crippen LogP contribution in [0.25, 0.3) is 0 Å². The van der Waals surface area contributed by atoms with Crippen molar-refractivity contribution in [3.05, 3.63) is 24.3 Å². The van der Waals surface area contributed by atoms with E-state index in [2.05, 4.69) is 22.5 Å². The van der Waals surface area contributed by atoms with E-state index in [-0.39, 0.29) is 6.03 Å². The fourth-order valence-corrected chi connectivity index (χ4v) is 2.54. The summed E-state index contributed by atoms with van der Waals surface area (Å²) in [5.41, 5.74) is 7.05. The van der Waals surface area contributed by atoms with Crippen molar-refractivity contribution in [3.8, 4) is 0 Å². The number of carbonyl (C=O) groups excluding carboxylic acids is 1. The zero-order chi connectivity index (χ0) is 14.4. The molecule has 0 aliphatic carbocycles. The van der Waals surface area contributed by atoms with E-state index in [0.29, 0.717) is 11.6 Å². The Kier molecular flexibility index (Phi) is 5.24. The first-order chi connectivity index (χ1) is 9.67. The number of likely N-dealkylation sites (tertiary alicyclic amines) is 1. The van der Waals surface area contributed by atoms with Gasteiger partial charge in [0.15, 0.2) is 0 Å². The lowest BCUT2D eigenvalue weighted by Gasteiger charge is -2.31. The fourth-order valence-electron chi connectivity index (χ4n) is 2.54. The molecule has 0 radical (unpaired) electrons. The number of nitrogens with two attached hydrogens (primary N) is 1. The number of hydrogen-bond donors (Lipinski definition) is 3. The van der Waals surface area contributed by atoms with Gasteiger partial charge in [-0.3, -0.25) is 0 Å². The first-order valence-electron chi connectivity index (χ1n) is 7.30. The van der Waals surface area contributed by atoms with Crippen LogP contribution in [-0.2, 0) is 0 Å². The Morgan fingerprint density at radius 3 is 2.80 bits per heavy atom. The van der Waals surface area contributed by atoms with E-state index in [9.17, 15) is 4.79 Å². The molecule has 0 spiro atoms. The average molecular weight is 276 g/mol. The zero-order valence-electron chi connectivity index (χ0n) is 12.1. The van der Waals surface area contributed by atoms with Gasteiger partial charge < -0.3 is 21.3 Å². The van der Waals surface area contributed by atoms with Crippen LogP contribution in [0, 0.1) is 5.92 Å². The van der Waals surface area contributed by atoms with Gasteiger partial charge in [0.2, 0.25) is 0 Å². The minimum Gasteiger partial charge on any atom is -0.399 e. The summed E-state index contributed by atoms with van der Waals surface area (Å²) >= 11 is 0. The van der Waals surface area contributed by atoms with Crippen molar-refractivity contribution >= 4 is 17.4 Å². The van der Waals surface area contributed by atoms with Crippen LogP contribution in [-0.4, -0.2) is 37.1 Å². The summed E-state index contributed by atoms with van der Waals surface area (Å²) in [7, 11) is 0. The number of amides is 2. The van der Waals surface area contributed by atoms with E-state index in [1.54, 1.807) is 12.1 Å².